The van der Waals surface area contributed by atoms with E-state index in [0.717, 1.165) is 27.1 Å². The first-order chi connectivity index (χ1) is 16.2. The molecule has 0 N–H and O–H groups in total. The number of hydrogen-bond acceptors (Lipinski definition) is 5. The van der Waals surface area contributed by atoms with Gasteiger partial charge in [0.1, 0.15) is 11.1 Å². The molecule has 1 aromatic heterocycles. The maximum absolute atomic E-state index is 13.1. The van der Waals surface area contributed by atoms with Crippen LogP contribution in [0.1, 0.15) is 29.3 Å². The Labute approximate surface area is 190 Å². The van der Waals surface area contributed by atoms with Gasteiger partial charge in [0, 0.05) is 16.3 Å². The summed E-state index contributed by atoms with van der Waals surface area (Å²) in [6.07, 6.45) is 2.31. The van der Waals surface area contributed by atoms with E-state index < -0.39 is 11.9 Å². The normalized spacial score (nSPS) is 11.2. The number of furan rings is 1. The van der Waals surface area contributed by atoms with Crippen molar-refractivity contribution in [3.05, 3.63) is 90.2 Å². The molecule has 0 atom stereocenters. The molecule has 0 aliphatic rings. The summed E-state index contributed by atoms with van der Waals surface area (Å²) in [7, 11) is 0. The average Bonchev–Trinajstić information content (AvgIpc) is 3.25. The summed E-state index contributed by atoms with van der Waals surface area (Å²) >= 11 is 0. The van der Waals surface area contributed by atoms with Gasteiger partial charge in [-0.2, -0.15) is 0 Å². The number of ether oxygens (including phenoxy) is 2. The molecule has 5 heteroatoms. The number of esters is 2. The number of carbonyl (C=O) groups excluding carboxylic acids is 2. The Morgan fingerprint density at radius 3 is 2.33 bits per heavy atom. The molecule has 0 saturated carbocycles. The summed E-state index contributed by atoms with van der Waals surface area (Å²) in [5.41, 5.74) is 1.69. The van der Waals surface area contributed by atoms with Crippen molar-refractivity contribution >= 4 is 44.5 Å². The van der Waals surface area contributed by atoms with Gasteiger partial charge in [0.2, 0.25) is 0 Å². The minimum absolute atomic E-state index is 0.00762. The van der Waals surface area contributed by atoms with Crippen LogP contribution in [0.15, 0.2) is 83.5 Å². The molecule has 0 bridgehead atoms. The van der Waals surface area contributed by atoms with Gasteiger partial charge >= 0.3 is 11.9 Å². The van der Waals surface area contributed by atoms with E-state index in [2.05, 4.69) is 0 Å². The zero-order valence-electron chi connectivity index (χ0n) is 18.2. The molecule has 164 valence electrons. The van der Waals surface area contributed by atoms with E-state index in [9.17, 15) is 9.59 Å². The molecule has 33 heavy (non-hydrogen) atoms. The van der Waals surface area contributed by atoms with Gasteiger partial charge in [-0.15, -0.1) is 0 Å². The summed E-state index contributed by atoms with van der Waals surface area (Å²) < 4.78 is 16.8. The lowest BCUT2D eigenvalue weighted by atomic mass is 10.0. The third kappa shape index (κ3) is 3.94. The first-order valence-electron chi connectivity index (χ1n) is 10.9. The van der Waals surface area contributed by atoms with Crippen molar-refractivity contribution in [1.82, 2.24) is 0 Å². The molecule has 0 spiro atoms. The monoisotopic (exact) mass is 438 g/mol. The second-order valence-corrected chi connectivity index (χ2v) is 7.87. The van der Waals surface area contributed by atoms with E-state index in [1.807, 2.05) is 73.7 Å². The minimum Gasteiger partial charge on any atom is -0.464 e. The zero-order chi connectivity index (χ0) is 22.8. The number of fused-ring (bicyclic) bond motifs is 4. The van der Waals surface area contributed by atoms with Crippen LogP contribution in [-0.2, 0) is 16.0 Å². The van der Waals surface area contributed by atoms with Gasteiger partial charge in [0.15, 0.2) is 5.75 Å². The van der Waals surface area contributed by atoms with Gasteiger partial charge in [0.25, 0.3) is 0 Å². The van der Waals surface area contributed by atoms with Gasteiger partial charge in [0.05, 0.1) is 19.3 Å². The first kappa shape index (κ1) is 20.8. The Morgan fingerprint density at radius 1 is 0.848 bits per heavy atom. The molecule has 0 radical (unpaired) electrons. The van der Waals surface area contributed by atoms with Crippen molar-refractivity contribution in [3.8, 4) is 5.75 Å². The van der Waals surface area contributed by atoms with Crippen molar-refractivity contribution in [2.24, 2.45) is 0 Å². The second-order valence-electron chi connectivity index (χ2n) is 7.87. The van der Waals surface area contributed by atoms with Crippen LogP contribution in [0.5, 0.6) is 5.75 Å². The van der Waals surface area contributed by atoms with Crippen LogP contribution < -0.4 is 4.74 Å². The Balaban J connectivity index is 1.51. The third-order valence-corrected chi connectivity index (χ3v) is 5.63. The van der Waals surface area contributed by atoms with Crippen LogP contribution in [0.4, 0.5) is 0 Å². The molecular formula is C28H22O5. The summed E-state index contributed by atoms with van der Waals surface area (Å²) in [6.45, 7) is 2.22. The topological polar surface area (TPSA) is 65.7 Å². The molecule has 0 aliphatic carbocycles. The van der Waals surface area contributed by atoms with Crippen molar-refractivity contribution in [1.29, 1.82) is 0 Å². The molecule has 0 aliphatic heterocycles. The highest BCUT2D eigenvalue weighted by Crippen LogP contribution is 2.33. The minimum atomic E-state index is -0.509. The number of carbonyl (C=O) groups is 2. The van der Waals surface area contributed by atoms with Crippen LogP contribution in [0.25, 0.3) is 32.5 Å². The quantitative estimate of drug-likeness (QED) is 0.225. The summed E-state index contributed by atoms with van der Waals surface area (Å²) in [5.74, 6) is -0.770. The van der Waals surface area contributed by atoms with E-state index >= 15 is 0 Å². The van der Waals surface area contributed by atoms with E-state index in [0.29, 0.717) is 24.0 Å². The molecule has 0 saturated heterocycles. The predicted octanol–water partition coefficient (Wildman–Crippen LogP) is 6.45. The molecular weight excluding hydrogens is 416 g/mol. The van der Waals surface area contributed by atoms with Crippen molar-refractivity contribution < 1.29 is 23.5 Å². The van der Waals surface area contributed by atoms with Crippen molar-refractivity contribution in [2.45, 2.75) is 19.8 Å². The van der Waals surface area contributed by atoms with Crippen molar-refractivity contribution in [2.75, 3.05) is 6.61 Å². The largest absolute Gasteiger partial charge is 0.464 e. The van der Waals surface area contributed by atoms with Crippen LogP contribution in [-0.4, -0.2) is 18.5 Å². The Morgan fingerprint density at radius 2 is 1.55 bits per heavy atom. The Kier molecular flexibility index (Phi) is 5.53. The second kappa shape index (κ2) is 8.79. The standard InChI is InChI=1S/C28H22O5/c1-2-15-31-28(30)23-13-11-19-8-4-6-10-22(19)27(23)33-25(29)16-20-17-32-24-14-12-18-7-3-5-9-21(18)26(20)24/h3-14,17H,2,15-16H2,1H3. The highest BCUT2D eigenvalue weighted by atomic mass is 16.5. The van der Waals surface area contributed by atoms with Crippen LogP contribution in [0, 0.1) is 0 Å². The van der Waals surface area contributed by atoms with E-state index in [1.165, 1.54) is 0 Å². The summed E-state index contributed by atoms with van der Waals surface area (Å²) in [6, 6.07) is 22.8. The predicted molar refractivity (Wildman–Crippen MR) is 128 cm³/mol. The Bertz CT molecular complexity index is 1490. The number of rotatable bonds is 6. The zero-order valence-corrected chi connectivity index (χ0v) is 18.2. The fourth-order valence-corrected chi connectivity index (χ4v) is 4.10. The molecule has 0 fully saturated rings. The van der Waals surface area contributed by atoms with Crippen LogP contribution in [0.3, 0.4) is 0 Å². The lowest BCUT2D eigenvalue weighted by molar-refractivity contribution is -0.133. The van der Waals surface area contributed by atoms with Gasteiger partial charge in [-0.1, -0.05) is 67.6 Å². The van der Waals surface area contributed by atoms with Gasteiger partial charge < -0.3 is 13.9 Å². The van der Waals surface area contributed by atoms with Gasteiger partial charge in [-0.25, -0.2) is 4.79 Å². The van der Waals surface area contributed by atoms with Gasteiger partial charge in [-0.05, 0) is 34.7 Å². The smallest absolute Gasteiger partial charge is 0.341 e. The Hall–Kier alpha value is -4.12. The molecule has 1 heterocycles. The van der Waals surface area contributed by atoms with E-state index in [4.69, 9.17) is 13.9 Å². The maximum Gasteiger partial charge on any atom is 0.341 e. The van der Waals surface area contributed by atoms with Gasteiger partial charge in [-0.3, -0.25) is 4.79 Å². The lowest BCUT2D eigenvalue weighted by Crippen LogP contribution is -2.15. The fourth-order valence-electron chi connectivity index (χ4n) is 4.10. The average molecular weight is 438 g/mol. The molecule has 5 rings (SSSR count). The van der Waals surface area contributed by atoms with Crippen LogP contribution >= 0.6 is 0 Å². The summed E-state index contributed by atoms with van der Waals surface area (Å²) in [4.78, 5) is 25.7. The van der Waals surface area contributed by atoms with E-state index in [1.54, 1.807) is 12.3 Å². The first-order valence-corrected chi connectivity index (χ1v) is 10.9. The maximum atomic E-state index is 13.1. The highest BCUT2D eigenvalue weighted by Gasteiger charge is 2.21. The van der Waals surface area contributed by atoms with E-state index in [-0.39, 0.29) is 17.7 Å². The van der Waals surface area contributed by atoms with Crippen molar-refractivity contribution in [3.63, 3.8) is 0 Å². The molecule has 5 nitrogen and oxygen atoms in total. The number of hydrogen-bond donors (Lipinski definition) is 0. The highest BCUT2D eigenvalue weighted by molar-refractivity contribution is 6.08. The molecule has 0 amide bonds. The lowest BCUT2D eigenvalue weighted by Gasteiger charge is -2.13. The molecule has 4 aromatic carbocycles. The number of benzene rings is 4. The van der Waals surface area contributed by atoms with Crippen LogP contribution in [0.2, 0.25) is 0 Å². The third-order valence-electron chi connectivity index (χ3n) is 5.63. The molecule has 0 unspecified atom stereocenters. The summed E-state index contributed by atoms with van der Waals surface area (Å²) in [5, 5.41) is 4.52. The molecule has 5 aromatic rings. The SMILES string of the molecule is CCCOC(=O)c1ccc2ccccc2c1OC(=O)Cc1coc2ccc3ccccc3c12. The fraction of sp³-hybridized carbons (Fsp3) is 0.143.